The SMILES string of the molecule is Cc1nc(OCc2ccc(F)cc2F)c(Br)c(=O)n1-c1cccc(C(=O)NCCN(C)C)c1. The van der Waals surface area contributed by atoms with Gasteiger partial charge in [-0.05, 0) is 67.3 Å². The Labute approximate surface area is 198 Å². The van der Waals surface area contributed by atoms with E-state index in [2.05, 4.69) is 26.2 Å². The van der Waals surface area contributed by atoms with E-state index in [0.717, 1.165) is 12.1 Å². The Balaban J connectivity index is 1.84. The second-order valence-corrected chi connectivity index (χ2v) is 8.35. The van der Waals surface area contributed by atoms with Crippen molar-refractivity contribution in [2.45, 2.75) is 13.5 Å². The lowest BCUT2D eigenvalue weighted by Crippen LogP contribution is -2.31. The molecule has 33 heavy (non-hydrogen) atoms. The van der Waals surface area contributed by atoms with Crippen LogP contribution in [0.15, 0.2) is 51.7 Å². The van der Waals surface area contributed by atoms with Gasteiger partial charge in [-0.25, -0.2) is 8.78 Å². The number of halogens is 3. The summed E-state index contributed by atoms with van der Waals surface area (Å²) >= 11 is 3.20. The van der Waals surface area contributed by atoms with Crippen LogP contribution in [0, 0.1) is 18.6 Å². The fourth-order valence-electron chi connectivity index (χ4n) is 3.05. The molecule has 0 aliphatic carbocycles. The molecule has 0 saturated carbocycles. The average Bonchev–Trinajstić information content (AvgIpc) is 2.76. The van der Waals surface area contributed by atoms with Crippen LogP contribution in [-0.4, -0.2) is 47.5 Å². The summed E-state index contributed by atoms with van der Waals surface area (Å²) in [6.07, 6.45) is 0. The van der Waals surface area contributed by atoms with Crippen LogP contribution in [0.25, 0.3) is 5.69 Å². The Morgan fingerprint density at radius 2 is 1.97 bits per heavy atom. The highest BCUT2D eigenvalue weighted by atomic mass is 79.9. The molecule has 0 unspecified atom stereocenters. The zero-order valence-corrected chi connectivity index (χ0v) is 19.9. The van der Waals surface area contributed by atoms with E-state index in [9.17, 15) is 18.4 Å². The minimum Gasteiger partial charge on any atom is -0.472 e. The molecular weight excluding hydrogens is 498 g/mol. The Bertz CT molecular complexity index is 1230. The predicted molar refractivity (Wildman–Crippen MR) is 124 cm³/mol. The number of hydrogen-bond acceptors (Lipinski definition) is 5. The molecule has 0 atom stereocenters. The quantitative estimate of drug-likeness (QED) is 0.492. The summed E-state index contributed by atoms with van der Waals surface area (Å²) in [5.74, 6) is -1.41. The number of amides is 1. The Kier molecular flexibility index (Phi) is 7.93. The third kappa shape index (κ3) is 6.02. The number of likely N-dealkylation sites (N-methyl/N-ethyl adjacent to an activating group) is 1. The number of hydrogen-bond donors (Lipinski definition) is 1. The van der Waals surface area contributed by atoms with E-state index in [-0.39, 0.29) is 28.4 Å². The molecule has 0 aliphatic rings. The van der Waals surface area contributed by atoms with Gasteiger partial charge >= 0.3 is 0 Å². The lowest BCUT2D eigenvalue weighted by atomic mass is 10.2. The standard InChI is InChI=1S/C23H23BrF2N4O3/c1-14-28-22(33-13-16-7-8-17(25)12-19(16)26)20(24)23(32)30(14)18-6-4-5-15(11-18)21(31)27-9-10-29(2)3/h4-8,11-12H,9-10,13H2,1-3H3,(H,27,31). The van der Waals surface area contributed by atoms with Crippen molar-refractivity contribution in [3.05, 3.63) is 85.9 Å². The largest absolute Gasteiger partial charge is 0.472 e. The topological polar surface area (TPSA) is 76.5 Å². The van der Waals surface area contributed by atoms with Crippen molar-refractivity contribution in [1.29, 1.82) is 0 Å². The van der Waals surface area contributed by atoms with E-state index in [1.165, 1.54) is 10.6 Å². The number of carbonyl (C=O) groups excluding carboxylic acids is 1. The van der Waals surface area contributed by atoms with Gasteiger partial charge < -0.3 is 15.0 Å². The Morgan fingerprint density at radius 3 is 2.67 bits per heavy atom. The van der Waals surface area contributed by atoms with E-state index < -0.39 is 17.2 Å². The molecule has 0 aliphatic heterocycles. The second-order valence-electron chi connectivity index (χ2n) is 7.55. The van der Waals surface area contributed by atoms with Crippen LogP contribution < -0.4 is 15.6 Å². The van der Waals surface area contributed by atoms with Gasteiger partial charge in [-0.15, -0.1) is 0 Å². The molecular formula is C23H23BrF2N4O3. The maximum absolute atomic E-state index is 13.9. The van der Waals surface area contributed by atoms with Crippen molar-refractivity contribution in [2.75, 3.05) is 27.2 Å². The van der Waals surface area contributed by atoms with Gasteiger partial charge in [0, 0.05) is 30.3 Å². The molecule has 1 heterocycles. The number of carbonyl (C=O) groups is 1. The van der Waals surface area contributed by atoms with Crippen molar-refractivity contribution < 1.29 is 18.3 Å². The van der Waals surface area contributed by atoms with Crippen molar-refractivity contribution in [1.82, 2.24) is 19.8 Å². The highest BCUT2D eigenvalue weighted by Crippen LogP contribution is 2.22. The fourth-order valence-corrected chi connectivity index (χ4v) is 3.43. The zero-order valence-electron chi connectivity index (χ0n) is 18.4. The summed E-state index contributed by atoms with van der Waals surface area (Å²) < 4.78 is 33.8. The molecule has 2 aromatic carbocycles. The lowest BCUT2D eigenvalue weighted by molar-refractivity contribution is 0.0951. The van der Waals surface area contributed by atoms with Crippen LogP contribution >= 0.6 is 15.9 Å². The third-order valence-electron chi connectivity index (χ3n) is 4.76. The summed E-state index contributed by atoms with van der Waals surface area (Å²) in [6.45, 7) is 2.57. The van der Waals surface area contributed by atoms with E-state index in [0.29, 0.717) is 30.2 Å². The molecule has 1 aromatic heterocycles. The molecule has 1 amide bonds. The van der Waals surface area contributed by atoms with Gasteiger partial charge in [-0.3, -0.25) is 14.2 Å². The molecule has 1 N–H and O–H groups in total. The normalized spacial score (nSPS) is 11.0. The number of benzene rings is 2. The highest BCUT2D eigenvalue weighted by Gasteiger charge is 2.17. The van der Waals surface area contributed by atoms with Crippen molar-refractivity contribution in [3.63, 3.8) is 0 Å². The first kappa shape index (κ1) is 24.5. The second kappa shape index (κ2) is 10.7. The molecule has 0 bridgehead atoms. The number of aryl methyl sites for hydroxylation is 1. The van der Waals surface area contributed by atoms with Gasteiger partial charge in [0.15, 0.2) is 0 Å². The summed E-state index contributed by atoms with van der Waals surface area (Å²) in [6, 6.07) is 9.77. The molecule has 174 valence electrons. The first-order chi connectivity index (χ1) is 15.7. The molecule has 3 aromatic rings. The van der Waals surface area contributed by atoms with Gasteiger partial charge in [0.25, 0.3) is 11.5 Å². The molecule has 3 rings (SSSR count). The van der Waals surface area contributed by atoms with Crippen molar-refractivity contribution in [3.8, 4) is 11.6 Å². The summed E-state index contributed by atoms with van der Waals surface area (Å²) in [7, 11) is 3.83. The summed E-state index contributed by atoms with van der Waals surface area (Å²) in [5.41, 5.74) is 0.532. The number of nitrogens with zero attached hydrogens (tertiary/aromatic N) is 3. The molecule has 0 saturated heterocycles. The minimum absolute atomic E-state index is 0.0185. The molecule has 0 spiro atoms. The average molecular weight is 521 g/mol. The minimum atomic E-state index is -0.753. The number of ether oxygens (including phenoxy) is 1. The molecule has 0 radical (unpaired) electrons. The smallest absolute Gasteiger partial charge is 0.276 e. The monoisotopic (exact) mass is 520 g/mol. The maximum atomic E-state index is 13.9. The van der Waals surface area contributed by atoms with Crippen LogP contribution in [0.3, 0.4) is 0 Å². The molecule has 7 nitrogen and oxygen atoms in total. The van der Waals surface area contributed by atoms with Crippen LogP contribution in [0.5, 0.6) is 5.88 Å². The Hall–Kier alpha value is -3.11. The van der Waals surface area contributed by atoms with Gasteiger partial charge in [0.1, 0.15) is 28.5 Å². The first-order valence-corrected chi connectivity index (χ1v) is 10.9. The third-order valence-corrected chi connectivity index (χ3v) is 5.43. The summed E-state index contributed by atoms with van der Waals surface area (Å²) in [4.78, 5) is 31.7. The fraction of sp³-hybridized carbons (Fsp3) is 0.261. The maximum Gasteiger partial charge on any atom is 0.276 e. The summed E-state index contributed by atoms with van der Waals surface area (Å²) in [5, 5.41) is 2.83. The van der Waals surface area contributed by atoms with Gasteiger partial charge in [0.2, 0.25) is 5.88 Å². The predicted octanol–water partition coefficient (Wildman–Crippen LogP) is 3.45. The van der Waals surface area contributed by atoms with Gasteiger partial charge in [0.05, 0.1) is 5.69 Å². The lowest BCUT2D eigenvalue weighted by Gasteiger charge is -2.15. The molecule has 10 heteroatoms. The van der Waals surface area contributed by atoms with Crippen LogP contribution in [-0.2, 0) is 6.61 Å². The van der Waals surface area contributed by atoms with Gasteiger partial charge in [-0.2, -0.15) is 4.98 Å². The number of nitrogens with one attached hydrogen (secondary N) is 1. The highest BCUT2D eigenvalue weighted by molar-refractivity contribution is 9.10. The van der Waals surface area contributed by atoms with Crippen molar-refractivity contribution in [2.24, 2.45) is 0 Å². The van der Waals surface area contributed by atoms with E-state index in [1.807, 2.05) is 19.0 Å². The van der Waals surface area contributed by atoms with E-state index in [4.69, 9.17) is 4.74 Å². The molecule has 0 fully saturated rings. The number of aromatic nitrogens is 2. The van der Waals surface area contributed by atoms with E-state index >= 15 is 0 Å². The zero-order chi connectivity index (χ0) is 24.1. The van der Waals surface area contributed by atoms with Crippen LogP contribution in [0.2, 0.25) is 0 Å². The first-order valence-electron chi connectivity index (χ1n) is 10.1. The van der Waals surface area contributed by atoms with Crippen molar-refractivity contribution >= 4 is 21.8 Å². The van der Waals surface area contributed by atoms with Crippen LogP contribution in [0.1, 0.15) is 21.7 Å². The van der Waals surface area contributed by atoms with Gasteiger partial charge in [-0.1, -0.05) is 6.07 Å². The van der Waals surface area contributed by atoms with Crippen LogP contribution in [0.4, 0.5) is 8.78 Å². The number of rotatable bonds is 8. The van der Waals surface area contributed by atoms with E-state index in [1.54, 1.807) is 31.2 Å². The Morgan fingerprint density at radius 1 is 1.21 bits per heavy atom.